The average molecular weight is 383 g/mol. The fourth-order valence-electron chi connectivity index (χ4n) is 2.73. The van der Waals surface area contributed by atoms with Crippen LogP contribution in [0.4, 0.5) is 17.6 Å². The number of thiazole rings is 1. The number of hydrogen-bond donors (Lipinski definition) is 2. The van der Waals surface area contributed by atoms with Gasteiger partial charge in [-0.15, -0.1) is 11.3 Å². The lowest BCUT2D eigenvalue weighted by Crippen LogP contribution is -2.02. The number of halogens is 1. The number of aryl methyl sites for hydroxylation is 2. The molecule has 0 aliphatic rings. The maximum Gasteiger partial charge on any atom is 0.222 e. The summed E-state index contributed by atoms with van der Waals surface area (Å²) in [5.74, 6) is 1.49. The number of hydrogen-bond acceptors (Lipinski definition) is 7. The van der Waals surface area contributed by atoms with Crippen molar-refractivity contribution in [2.75, 3.05) is 11.1 Å². The summed E-state index contributed by atoms with van der Waals surface area (Å²) in [4.78, 5) is 17.5. The van der Waals surface area contributed by atoms with Crippen LogP contribution in [0.3, 0.4) is 0 Å². The molecule has 0 bridgehead atoms. The monoisotopic (exact) mass is 382 g/mol. The highest BCUT2D eigenvalue weighted by Crippen LogP contribution is 2.38. The molecule has 1 aromatic carbocycles. The highest BCUT2D eigenvalue weighted by molar-refractivity contribution is 7.22. The van der Waals surface area contributed by atoms with E-state index in [1.807, 2.05) is 44.2 Å². The smallest absolute Gasteiger partial charge is 0.222 e. The lowest BCUT2D eigenvalue weighted by molar-refractivity contribution is 1.12. The van der Waals surface area contributed by atoms with Crippen molar-refractivity contribution in [1.29, 1.82) is 0 Å². The normalized spacial score (nSPS) is 11.0. The van der Waals surface area contributed by atoms with Gasteiger partial charge in [0.15, 0.2) is 5.82 Å². The summed E-state index contributed by atoms with van der Waals surface area (Å²) in [6, 6.07) is 9.53. The molecule has 26 heavy (non-hydrogen) atoms. The second-order valence-corrected chi connectivity index (χ2v) is 7.24. The molecule has 8 heteroatoms. The Kier molecular flexibility index (Phi) is 4.18. The number of fused-ring (bicyclic) bond motifs is 1. The number of rotatable bonds is 3. The Hall–Kier alpha value is -2.77. The molecule has 0 atom stereocenters. The van der Waals surface area contributed by atoms with E-state index >= 15 is 0 Å². The first kappa shape index (κ1) is 16.7. The fraction of sp³-hybridized carbons (Fsp3) is 0.111. The number of nitrogens with zero attached hydrogens (tertiary/aromatic N) is 4. The van der Waals surface area contributed by atoms with Crippen LogP contribution in [0.25, 0.3) is 20.8 Å². The van der Waals surface area contributed by atoms with E-state index in [4.69, 9.17) is 22.3 Å². The Morgan fingerprint density at radius 3 is 2.73 bits per heavy atom. The van der Waals surface area contributed by atoms with Gasteiger partial charge in [0.1, 0.15) is 10.8 Å². The molecule has 130 valence electrons. The Bertz CT molecular complexity index is 1080. The van der Waals surface area contributed by atoms with Gasteiger partial charge in [0, 0.05) is 23.5 Å². The standard InChI is InChI=1S/C18H15ClN6S/c1-9-4-3-5-11(19)14(9)17-23-12-6-7-21-16(15(12)26-17)24-13-8-10(2)22-18(20)25-13/h3-8H,1-2H3,(H3,20,21,22,24,25). The number of pyridine rings is 1. The van der Waals surface area contributed by atoms with Gasteiger partial charge in [-0.3, -0.25) is 0 Å². The summed E-state index contributed by atoms with van der Waals surface area (Å²) in [6.07, 6.45) is 1.71. The third-order valence-corrected chi connectivity index (χ3v) is 5.27. The zero-order chi connectivity index (χ0) is 18.3. The summed E-state index contributed by atoms with van der Waals surface area (Å²) >= 11 is 7.94. The third-order valence-electron chi connectivity index (χ3n) is 3.86. The zero-order valence-electron chi connectivity index (χ0n) is 14.1. The number of benzene rings is 1. The molecule has 6 nitrogen and oxygen atoms in total. The molecular formula is C18H15ClN6S. The molecule has 0 saturated heterocycles. The molecule has 0 radical (unpaired) electrons. The van der Waals surface area contributed by atoms with Crippen molar-refractivity contribution in [2.45, 2.75) is 13.8 Å². The fourth-order valence-corrected chi connectivity index (χ4v) is 4.23. The minimum absolute atomic E-state index is 0.219. The highest BCUT2D eigenvalue weighted by atomic mass is 35.5. The first-order valence-electron chi connectivity index (χ1n) is 7.90. The molecule has 4 aromatic rings. The Morgan fingerprint density at radius 1 is 1.12 bits per heavy atom. The minimum Gasteiger partial charge on any atom is -0.368 e. The molecule has 3 N–H and O–H groups in total. The number of nitrogen functional groups attached to an aromatic ring is 1. The van der Waals surface area contributed by atoms with Crippen molar-refractivity contribution in [2.24, 2.45) is 0 Å². The molecule has 3 aromatic heterocycles. The molecule has 0 fully saturated rings. The van der Waals surface area contributed by atoms with Crippen molar-refractivity contribution in [3.63, 3.8) is 0 Å². The average Bonchev–Trinajstić information content (AvgIpc) is 2.98. The SMILES string of the molecule is Cc1cc(Nc2nccc3nc(-c4c(C)cccc4Cl)sc23)nc(N)n1. The van der Waals surface area contributed by atoms with Crippen molar-refractivity contribution >= 4 is 50.7 Å². The molecule has 0 aliphatic carbocycles. The van der Waals surface area contributed by atoms with Gasteiger partial charge in [-0.1, -0.05) is 23.7 Å². The number of aromatic nitrogens is 4. The van der Waals surface area contributed by atoms with Gasteiger partial charge in [0.25, 0.3) is 0 Å². The molecule has 0 aliphatic heterocycles. The van der Waals surface area contributed by atoms with Crippen LogP contribution >= 0.6 is 22.9 Å². The Morgan fingerprint density at radius 2 is 1.96 bits per heavy atom. The van der Waals surface area contributed by atoms with E-state index in [0.717, 1.165) is 32.0 Å². The largest absolute Gasteiger partial charge is 0.368 e. The van der Waals surface area contributed by atoms with Crippen LogP contribution in [-0.2, 0) is 0 Å². The maximum atomic E-state index is 6.40. The van der Waals surface area contributed by atoms with E-state index in [1.165, 1.54) is 11.3 Å². The quantitative estimate of drug-likeness (QED) is 0.531. The van der Waals surface area contributed by atoms with E-state index < -0.39 is 0 Å². The van der Waals surface area contributed by atoms with E-state index in [9.17, 15) is 0 Å². The predicted molar refractivity (Wildman–Crippen MR) is 107 cm³/mol. The van der Waals surface area contributed by atoms with Crippen LogP contribution in [0.15, 0.2) is 36.5 Å². The Labute approximate surface area is 159 Å². The molecule has 0 saturated carbocycles. The van der Waals surface area contributed by atoms with Gasteiger partial charge < -0.3 is 11.1 Å². The molecule has 0 amide bonds. The maximum absolute atomic E-state index is 6.40. The number of nitrogens with two attached hydrogens (primary N) is 1. The molecule has 3 heterocycles. The van der Waals surface area contributed by atoms with Crippen LogP contribution in [0.5, 0.6) is 0 Å². The van der Waals surface area contributed by atoms with Crippen LogP contribution in [0, 0.1) is 13.8 Å². The minimum atomic E-state index is 0.219. The summed E-state index contributed by atoms with van der Waals surface area (Å²) in [6.45, 7) is 3.89. The molecular weight excluding hydrogens is 368 g/mol. The van der Waals surface area contributed by atoms with Gasteiger partial charge in [-0.25, -0.2) is 15.0 Å². The van der Waals surface area contributed by atoms with Crippen LogP contribution < -0.4 is 11.1 Å². The summed E-state index contributed by atoms with van der Waals surface area (Å²) < 4.78 is 0.927. The summed E-state index contributed by atoms with van der Waals surface area (Å²) in [5, 5.41) is 4.76. The first-order chi connectivity index (χ1) is 12.5. The topological polar surface area (TPSA) is 89.6 Å². The number of nitrogens with one attached hydrogen (secondary N) is 1. The van der Waals surface area contributed by atoms with Crippen molar-refractivity contribution in [1.82, 2.24) is 19.9 Å². The predicted octanol–water partition coefficient (Wildman–Crippen LogP) is 4.74. The van der Waals surface area contributed by atoms with Gasteiger partial charge in [-0.05, 0) is 31.5 Å². The van der Waals surface area contributed by atoms with Crippen molar-refractivity contribution < 1.29 is 0 Å². The second kappa shape index (κ2) is 6.51. The van der Waals surface area contributed by atoms with E-state index in [-0.39, 0.29) is 5.95 Å². The lowest BCUT2D eigenvalue weighted by atomic mass is 10.1. The van der Waals surface area contributed by atoms with Crippen molar-refractivity contribution in [3.05, 3.63) is 52.8 Å². The molecule has 4 rings (SSSR count). The highest BCUT2D eigenvalue weighted by Gasteiger charge is 2.15. The van der Waals surface area contributed by atoms with E-state index in [0.29, 0.717) is 16.7 Å². The van der Waals surface area contributed by atoms with Crippen LogP contribution in [0.1, 0.15) is 11.3 Å². The zero-order valence-corrected chi connectivity index (χ0v) is 15.7. The Balaban J connectivity index is 1.81. The summed E-state index contributed by atoms with van der Waals surface area (Å²) in [5.41, 5.74) is 9.39. The van der Waals surface area contributed by atoms with Gasteiger partial charge >= 0.3 is 0 Å². The van der Waals surface area contributed by atoms with Gasteiger partial charge in [-0.2, -0.15) is 4.98 Å². The van der Waals surface area contributed by atoms with Crippen LogP contribution in [-0.4, -0.2) is 19.9 Å². The van der Waals surface area contributed by atoms with Gasteiger partial charge in [0.05, 0.1) is 15.2 Å². The number of anilines is 3. The van der Waals surface area contributed by atoms with E-state index in [2.05, 4.69) is 20.3 Å². The lowest BCUT2D eigenvalue weighted by Gasteiger charge is -2.06. The second-order valence-electron chi connectivity index (χ2n) is 5.84. The molecule has 0 spiro atoms. The van der Waals surface area contributed by atoms with E-state index in [1.54, 1.807) is 6.20 Å². The van der Waals surface area contributed by atoms with Crippen molar-refractivity contribution in [3.8, 4) is 10.6 Å². The van der Waals surface area contributed by atoms with Gasteiger partial charge in [0.2, 0.25) is 5.95 Å². The van der Waals surface area contributed by atoms with Crippen LogP contribution in [0.2, 0.25) is 5.02 Å². The molecule has 0 unspecified atom stereocenters. The summed E-state index contributed by atoms with van der Waals surface area (Å²) in [7, 11) is 0. The third kappa shape index (κ3) is 3.07. The first-order valence-corrected chi connectivity index (χ1v) is 9.10.